The Morgan fingerprint density at radius 3 is 2.40 bits per heavy atom. The SMILES string of the molecule is COc1nc(-c2cccc(-c3cccc4c3CC[C@@H]4Oc3nc(OC)c(CCC[C@@H]4CCC(=O)N4)cc3Cl)c2Cl)ccc1CNC[C@@H]1CCC(=O)C1. The standard InChI is InChI=1S/C41H44Cl2N4O5/c1-50-39-25(6-3-7-27-14-19-37(49)45-27)21-34(42)41(47-39)52-36-18-16-30-29(8-4-9-31(30)36)32-10-5-11-33(38(32)43)35-17-13-26(40(46-35)51-2)23-44-22-24-12-15-28(48)20-24/h4-5,8-11,13,17,21,24,27,36,44H,3,6-7,12,14-16,18-20,22-23H2,1-2H3,(H,45,49)/t24-,27-,36+/m1/s1. The monoisotopic (exact) mass is 742 g/mol. The number of hydrogen-bond acceptors (Lipinski definition) is 8. The van der Waals surface area contributed by atoms with E-state index >= 15 is 0 Å². The van der Waals surface area contributed by atoms with Crippen LogP contribution in [0.25, 0.3) is 22.4 Å². The summed E-state index contributed by atoms with van der Waals surface area (Å²) in [6.45, 7) is 1.40. The zero-order valence-electron chi connectivity index (χ0n) is 29.6. The van der Waals surface area contributed by atoms with Crippen LogP contribution in [0, 0.1) is 5.92 Å². The molecule has 4 aromatic rings. The van der Waals surface area contributed by atoms with E-state index in [0.717, 1.165) is 90.6 Å². The number of aryl methyl sites for hydroxylation is 1. The fourth-order valence-corrected chi connectivity index (χ4v) is 8.38. The van der Waals surface area contributed by atoms with Crippen molar-refractivity contribution < 1.29 is 23.8 Å². The molecule has 1 saturated carbocycles. The number of Topliss-reactive ketones (excluding diaryl/α,β-unsaturated/α-hetero) is 1. The lowest BCUT2D eigenvalue weighted by Crippen LogP contribution is -2.25. The molecule has 0 spiro atoms. The summed E-state index contributed by atoms with van der Waals surface area (Å²) >= 11 is 13.9. The van der Waals surface area contributed by atoms with Gasteiger partial charge in [-0.2, -0.15) is 4.98 Å². The molecule has 0 unspecified atom stereocenters. The number of halogens is 2. The first kappa shape index (κ1) is 36.2. The lowest BCUT2D eigenvalue weighted by Gasteiger charge is -2.18. The van der Waals surface area contributed by atoms with Crippen LogP contribution in [0.5, 0.6) is 17.6 Å². The summed E-state index contributed by atoms with van der Waals surface area (Å²) in [6, 6.07) is 18.4. The molecule has 3 aliphatic rings. The van der Waals surface area contributed by atoms with Crippen molar-refractivity contribution >= 4 is 34.9 Å². The van der Waals surface area contributed by atoms with Gasteiger partial charge in [0.05, 0.1) is 24.9 Å². The van der Waals surface area contributed by atoms with Gasteiger partial charge < -0.3 is 24.8 Å². The molecule has 2 fully saturated rings. The van der Waals surface area contributed by atoms with Crippen molar-refractivity contribution in [3.8, 4) is 40.0 Å². The van der Waals surface area contributed by atoms with Gasteiger partial charge in [-0.25, -0.2) is 4.98 Å². The number of benzene rings is 2. The number of rotatable bonds is 14. The van der Waals surface area contributed by atoms with Crippen LogP contribution in [-0.2, 0) is 29.0 Å². The number of hydrogen-bond donors (Lipinski definition) is 2. The summed E-state index contributed by atoms with van der Waals surface area (Å²) in [6.07, 6.45) is 7.67. The van der Waals surface area contributed by atoms with Gasteiger partial charge in [-0.15, -0.1) is 0 Å². The van der Waals surface area contributed by atoms with Crippen molar-refractivity contribution in [1.29, 1.82) is 0 Å². The highest BCUT2D eigenvalue weighted by Gasteiger charge is 2.29. The van der Waals surface area contributed by atoms with Crippen LogP contribution in [0.15, 0.2) is 54.6 Å². The first-order valence-corrected chi connectivity index (χ1v) is 18.9. The van der Waals surface area contributed by atoms with E-state index in [1.165, 1.54) is 5.56 Å². The molecule has 9 nitrogen and oxygen atoms in total. The smallest absolute Gasteiger partial charge is 0.236 e. The number of aromatic nitrogens is 2. The molecule has 3 atom stereocenters. The average Bonchev–Trinajstić information content (AvgIpc) is 3.89. The van der Waals surface area contributed by atoms with Gasteiger partial charge in [-0.05, 0) is 86.2 Å². The molecule has 3 heterocycles. The van der Waals surface area contributed by atoms with Crippen LogP contribution in [0.4, 0.5) is 0 Å². The highest BCUT2D eigenvalue weighted by atomic mass is 35.5. The van der Waals surface area contributed by atoms with E-state index in [9.17, 15) is 9.59 Å². The van der Waals surface area contributed by atoms with Crippen molar-refractivity contribution in [2.75, 3.05) is 20.8 Å². The number of pyridine rings is 2. The van der Waals surface area contributed by atoms with Crippen LogP contribution in [-0.4, -0.2) is 48.5 Å². The maximum atomic E-state index is 11.6. The molecule has 2 aliphatic carbocycles. The molecule has 2 N–H and O–H groups in total. The van der Waals surface area contributed by atoms with Gasteiger partial charge in [0.1, 0.15) is 16.9 Å². The Morgan fingerprint density at radius 1 is 0.846 bits per heavy atom. The minimum absolute atomic E-state index is 0.130. The molecule has 2 aromatic carbocycles. The molecular weight excluding hydrogens is 699 g/mol. The molecule has 1 aliphatic heterocycles. The number of nitrogens with one attached hydrogen (secondary N) is 2. The third-order valence-electron chi connectivity index (χ3n) is 10.5. The Balaban J connectivity index is 1.06. The number of methoxy groups -OCH3 is 2. The Labute approximate surface area is 314 Å². The maximum absolute atomic E-state index is 11.6. The molecule has 11 heteroatoms. The minimum Gasteiger partial charge on any atom is -0.481 e. The van der Waals surface area contributed by atoms with E-state index in [-0.39, 0.29) is 18.1 Å². The van der Waals surface area contributed by atoms with Crippen LogP contribution in [0.3, 0.4) is 0 Å². The van der Waals surface area contributed by atoms with E-state index < -0.39 is 0 Å². The van der Waals surface area contributed by atoms with Crippen molar-refractivity contribution in [2.24, 2.45) is 5.92 Å². The van der Waals surface area contributed by atoms with Crippen molar-refractivity contribution in [2.45, 2.75) is 82.9 Å². The van der Waals surface area contributed by atoms with Gasteiger partial charge in [0.15, 0.2) is 0 Å². The fourth-order valence-electron chi connectivity index (χ4n) is 7.84. The van der Waals surface area contributed by atoms with Crippen LogP contribution in [0.1, 0.15) is 79.7 Å². The van der Waals surface area contributed by atoms with Crippen LogP contribution >= 0.6 is 23.2 Å². The summed E-state index contributed by atoms with van der Waals surface area (Å²) in [5.41, 5.74) is 7.66. The Morgan fingerprint density at radius 2 is 1.63 bits per heavy atom. The lowest BCUT2D eigenvalue weighted by molar-refractivity contribution is -0.119. The first-order valence-electron chi connectivity index (χ1n) is 18.2. The molecule has 7 rings (SSSR count). The van der Waals surface area contributed by atoms with Crippen LogP contribution < -0.4 is 24.8 Å². The number of amides is 1. The number of nitrogens with zero attached hydrogens (tertiary/aromatic N) is 2. The second kappa shape index (κ2) is 16.2. The molecule has 1 amide bonds. The number of fused-ring (bicyclic) bond motifs is 1. The van der Waals surface area contributed by atoms with E-state index in [1.807, 2.05) is 42.5 Å². The van der Waals surface area contributed by atoms with Gasteiger partial charge in [-0.1, -0.05) is 65.7 Å². The molecule has 52 heavy (non-hydrogen) atoms. The van der Waals surface area contributed by atoms with Gasteiger partial charge >= 0.3 is 0 Å². The predicted molar refractivity (Wildman–Crippen MR) is 202 cm³/mol. The molecule has 2 aromatic heterocycles. The van der Waals surface area contributed by atoms with E-state index in [0.29, 0.717) is 65.2 Å². The summed E-state index contributed by atoms with van der Waals surface area (Å²) in [7, 11) is 3.23. The quantitative estimate of drug-likeness (QED) is 0.133. The number of carbonyl (C=O) groups is 2. The zero-order chi connectivity index (χ0) is 36.2. The number of ketones is 1. The topological polar surface area (TPSA) is 112 Å². The summed E-state index contributed by atoms with van der Waals surface area (Å²) in [4.78, 5) is 32.7. The molecule has 0 bridgehead atoms. The minimum atomic E-state index is -0.232. The Hall–Kier alpha value is -4.18. The maximum Gasteiger partial charge on any atom is 0.236 e. The predicted octanol–water partition coefficient (Wildman–Crippen LogP) is 8.26. The molecular formula is C41H44Cl2N4O5. The van der Waals surface area contributed by atoms with Gasteiger partial charge in [0, 0.05) is 54.1 Å². The zero-order valence-corrected chi connectivity index (χ0v) is 31.1. The van der Waals surface area contributed by atoms with Gasteiger partial charge in [0.2, 0.25) is 23.5 Å². The highest BCUT2D eigenvalue weighted by Crippen LogP contribution is 2.45. The summed E-state index contributed by atoms with van der Waals surface area (Å²) in [5, 5.41) is 7.57. The van der Waals surface area contributed by atoms with E-state index in [4.69, 9.17) is 42.4 Å². The van der Waals surface area contributed by atoms with E-state index in [1.54, 1.807) is 14.2 Å². The Bertz CT molecular complexity index is 1970. The fraction of sp³-hybridized carbons (Fsp3) is 0.415. The average molecular weight is 744 g/mol. The van der Waals surface area contributed by atoms with Crippen molar-refractivity contribution in [1.82, 2.24) is 20.6 Å². The molecule has 272 valence electrons. The summed E-state index contributed by atoms with van der Waals surface area (Å²) < 4.78 is 17.8. The third kappa shape index (κ3) is 7.92. The van der Waals surface area contributed by atoms with Crippen LogP contribution in [0.2, 0.25) is 10.0 Å². The Kier molecular flexibility index (Phi) is 11.3. The molecule has 0 radical (unpaired) electrons. The highest BCUT2D eigenvalue weighted by molar-refractivity contribution is 6.36. The largest absolute Gasteiger partial charge is 0.481 e. The normalized spacial score (nSPS) is 19.5. The number of carbonyl (C=O) groups excluding carboxylic acids is 2. The number of ether oxygens (including phenoxy) is 3. The lowest BCUT2D eigenvalue weighted by atomic mass is 9.94. The third-order valence-corrected chi connectivity index (χ3v) is 11.2. The van der Waals surface area contributed by atoms with E-state index in [2.05, 4.69) is 27.8 Å². The van der Waals surface area contributed by atoms with Gasteiger partial charge in [0.25, 0.3) is 0 Å². The first-order chi connectivity index (χ1) is 25.3. The second-order valence-electron chi connectivity index (χ2n) is 14.0. The van der Waals surface area contributed by atoms with Gasteiger partial charge in [-0.3, -0.25) is 9.59 Å². The van der Waals surface area contributed by atoms with Crippen molar-refractivity contribution in [3.05, 3.63) is 86.9 Å². The second-order valence-corrected chi connectivity index (χ2v) is 14.8. The summed E-state index contributed by atoms with van der Waals surface area (Å²) in [5.74, 6) is 2.28. The van der Waals surface area contributed by atoms with Crippen molar-refractivity contribution in [3.63, 3.8) is 0 Å². The molecule has 1 saturated heterocycles.